The largest absolute Gasteiger partial charge is 0.454 e. The van der Waals surface area contributed by atoms with Crippen LogP contribution in [-0.4, -0.2) is 24.7 Å². The predicted octanol–water partition coefficient (Wildman–Crippen LogP) is 3.55. The molecule has 0 bridgehead atoms. The third-order valence-electron chi connectivity index (χ3n) is 4.09. The first-order valence-corrected chi connectivity index (χ1v) is 8.45. The predicted molar refractivity (Wildman–Crippen MR) is 95.3 cm³/mol. The van der Waals surface area contributed by atoms with Gasteiger partial charge in [-0.25, -0.2) is 4.79 Å². The van der Waals surface area contributed by atoms with Gasteiger partial charge in [-0.05, 0) is 29.7 Å². The quantitative estimate of drug-likeness (QED) is 0.802. The highest BCUT2D eigenvalue weighted by Gasteiger charge is 2.27. The lowest BCUT2D eigenvalue weighted by Crippen LogP contribution is -2.44. The topological polar surface area (TPSA) is 73.9 Å². The number of nitrogens with one attached hydrogen (secondary N) is 1. The maximum absolute atomic E-state index is 12.8. The van der Waals surface area contributed by atoms with Crippen LogP contribution in [0.5, 0.6) is 11.5 Å². The van der Waals surface area contributed by atoms with Gasteiger partial charge in [0.15, 0.2) is 17.3 Å². The second-order valence-corrected chi connectivity index (χ2v) is 6.36. The van der Waals surface area contributed by atoms with E-state index in [-0.39, 0.29) is 25.1 Å². The van der Waals surface area contributed by atoms with Crippen LogP contribution in [0.4, 0.5) is 4.79 Å². The van der Waals surface area contributed by atoms with Crippen LogP contribution in [0.1, 0.15) is 29.8 Å². The lowest BCUT2D eigenvalue weighted by atomic mass is 9.95. The first-order valence-electron chi connectivity index (χ1n) is 8.45. The Hall–Kier alpha value is -3.02. The van der Waals surface area contributed by atoms with Crippen molar-refractivity contribution in [2.75, 3.05) is 6.79 Å². The maximum atomic E-state index is 12.8. The fourth-order valence-corrected chi connectivity index (χ4v) is 2.66. The van der Waals surface area contributed by atoms with E-state index < -0.39 is 12.1 Å². The number of benzene rings is 2. The molecule has 1 heterocycles. The van der Waals surface area contributed by atoms with Gasteiger partial charge in [-0.3, -0.25) is 4.79 Å². The number of ether oxygens (including phenoxy) is 3. The summed E-state index contributed by atoms with van der Waals surface area (Å²) in [6.07, 6.45) is -0.623. The summed E-state index contributed by atoms with van der Waals surface area (Å²) in [5.41, 5.74) is 1.34. The molecule has 1 atom stereocenters. The number of carbonyl (C=O) groups excluding carboxylic acids is 2. The average Bonchev–Trinajstić information content (AvgIpc) is 3.12. The monoisotopic (exact) mass is 355 g/mol. The third-order valence-corrected chi connectivity index (χ3v) is 4.09. The van der Waals surface area contributed by atoms with Gasteiger partial charge in [-0.15, -0.1) is 0 Å². The third kappa shape index (κ3) is 4.14. The zero-order valence-electron chi connectivity index (χ0n) is 14.7. The summed E-state index contributed by atoms with van der Waals surface area (Å²) < 4.78 is 15.8. The van der Waals surface area contributed by atoms with E-state index in [2.05, 4.69) is 5.32 Å². The van der Waals surface area contributed by atoms with E-state index in [9.17, 15) is 9.59 Å². The van der Waals surface area contributed by atoms with Gasteiger partial charge in [-0.2, -0.15) is 0 Å². The summed E-state index contributed by atoms with van der Waals surface area (Å²) in [5, 5.41) is 2.67. The van der Waals surface area contributed by atoms with Gasteiger partial charge in [-0.1, -0.05) is 44.2 Å². The number of fused-ring (bicyclic) bond motifs is 1. The lowest BCUT2D eigenvalue weighted by Gasteiger charge is -2.21. The van der Waals surface area contributed by atoms with E-state index in [4.69, 9.17) is 14.2 Å². The minimum Gasteiger partial charge on any atom is -0.454 e. The Morgan fingerprint density at radius 2 is 1.81 bits per heavy atom. The molecule has 1 amide bonds. The first kappa shape index (κ1) is 17.8. The van der Waals surface area contributed by atoms with Crippen LogP contribution in [0.3, 0.4) is 0 Å². The van der Waals surface area contributed by atoms with E-state index in [1.165, 1.54) is 0 Å². The van der Waals surface area contributed by atoms with E-state index in [0.29, 0.717) is 17.1 Å². The molecule has 0 radical (unpaired) electrons. The van der Waals surface area contributed by atoms with Crippen LogP contribution >= 0.6 is 0 Å². The summed E-state index contributed by atoms with van der Waals surface area (Å²) >= 11 is 0. The zero-order chi connectivity index (χ0) is 18.5. The maximum Gasteiger partial charge on any atom is 0.408 e. The molecule has 0 aliphatic carbocycles. The van der Waals surface area contributed by atoms with Gasteiger partial charge >= 0.3 is 6.09 Å². The molecule has 0 unspecified atom stereocenters. The molecule has 6 heteroatoms. The van der Waals surface area contributed by atoms with Gasteiger partial charge in [0.2, 0.25) is 6.79 Å². The second-order valence-electron chi connectivity index (χ2n) is 6.36. The fraction of sp³-hybridized carbons (Fsp3) is 0.300. The highest BCUT2D eigenvalue weighted by atomic mass is 16.7. The number of ketones is 1. The van der Waals surface area contributed by atoms with Crippen molar-refractivity contribution >= 4 is 11.9 Å². The minimum atomic E-state index is -0.696. The van der Waals surface area contributed by atoms with Crippen molar-refractivity contribution in [2.24, 2.45) is 5.92 Å². The highest BCUT2D eigenvalue weighted by Crippen LogP contribution is 2.33. The van der Waals surface area contributed by atoms with Crippen molar-refractivity contribution in [3.8, 4) is 11.5 Å². The number of hydrogen-bond donors (Lipinski definition) is 1. The number of Topliss-reactive ketones (excluding diaryl/α,β-unsaturated/α-hetero) is 1. The molecule has 0 saturated carbocycles. The molecule has 1 aliphatic heterocycles. The van der Waals surface area contributed by atoms with E-state index in [0.717, 1.165) is 5.56 Å². The normalized spacial score (nSPS) is 13.3. The summed E-state index contributed by atoms with van der Waals surface area (Å²) in [7, 11) is 0. The Bertz CT molecular complexity index is 788. The Kier molecular flexibility index (Phi) is 5.41. The molecule has 1 N–H and O–H groups in total. The zero-order valence-corrected chi connectivity index (χ0v) is 14.7. The van der Waals surface area contributed by atoms with E-state index in [1.807, 2.05) is 44.2 Å². The number of amides is 1. The molecule has 2 aromatic rings. The molecular weight excluding hydrogens is 334 g/mol. The van der Waals surface area contributed by atoms with Gasteiger partial charge in [0.1, 0.15) is 6.61 Å². The van der Waals surface area contributed by atoms with Crippen LogP contribution in [0.25, 0.3) is 0 Å². The molecule has 136 valence electrons. The molecule has 1 aliphatic rings. The van der Waals surface area contributed by atoms with Gasteiger partial charge in [0, 0.05) is 5.56 Å². The van der Waals surface area contributed by atoms with Crippen molar-refractivity contribution in [1.29, 1.82) is 0 Å². The molecule has 0 aromatic heterocycles. The Morgan fingerprint density at radius 1 is 1.08 bits per heavy atom. The molecule has 6 nitrogen and oxygen atoms in total. The standard InChI is InChI=1S/C20H21NO5/c1-13(2)18(21-20(23)24-11-14-6-4-3-5-7-14)19(22)15-8-9-16-17(10-15)26-12-25-16/h3-10,13,18H,11-12H2,1-2H3,(H,21,23)/t18-/m0/s1. The van der Waals surface area contributed by atoms with Crippen LogP contribution in [0, 0.1) is 5.92 Å². The first-order chi connectivity index (χ1) is 12.5. The van der Waals surface area contributed by atoms with Crippen molar-refractivity contribution < 1.29 is 23.8 Å². The molecule has 3 rings (SSSR count). The van der Waals surface area contributed by atoms with Gasteiger partial charge < -0.3 is 19.5 Å². The van der Waals surface area contributed by atoms with Crippen molar-refractivity contribution in [1.82, 2.24) is 5.32 Å². The lowest BCUT2D eigenvalue weighted by molar-refractivity contribution is 0.0885. The Balaban J connectivity index is 1.64. The summed E-state index contributed by atoms with van der Waals surface area (Å²) in [6, 6.07) is 13.7. The molecule has 0 fully saturated rings. The Labute approximate surface area is 152 Å². The number of carbonyl (C=O) groups is 2. The van der Waals surface area contributed by atoms with Crippen molar-refractivity contribution in [3.63, 3.8) is 0 Å². The molecule has 26 heavy (non-hydrogen) atoms. The summed E-state index contributed by atoms with van der Waals surface area (Å²) in [6.45, 7) is 4.03. The highest BCUT2D eigenvalue weighted by molar-refractivity contribution is 6.02. The average molecular weight is 355 g/mol. The molecular formula is C20H21NO5. The number of hydrogen-bond acceptors (Lipinski definition) is 5. The van der Waals surface area contributed by atoms with Crippen LogP contribution in [0.2, 0.25) is 0 Å². The van der Waals surface area contributed by atoms with Crippen LogP contribution in [0.15, 0.2) is 48.5 Å². The molecule has 2 aromatic carbocycles. The summed E-state index contributed by atoms with van der Waals surface area (Å²) in [5.74, 6) is 0.843. The number of alkyl carbamates (subject to hydrolysis) is 1. The van der Waals surface area contributed by atoms with Gasteiger partial charge in [0.05, 0.1) is 6.04 Å². The van der Waals surface area contributed by atoms with Crippen LogP contribution < -0.4 is 14.8 Å². The van der Waals surface area contributed by atoms with Crippen molar-refractivity contribution in [2.45, 2.75) is 26.5 Å². The molecule has 0 saturated heterocycles. The van der Waals surface area contributed by atoms with Crippen molar-refractivity contribution in [3.05, 3.63) is 59.7 Å². The summed E-state index contributed by atoms with van der Waals surface area (Å²) in [4.78, 5) is 25.0. The number of rotatable bonds is 6. The second kappa shape index (κ2) is 7.91. The fourth-order valence-electron chi connectivity index (χ4n) is 2.66. The Morgan fingerprint density at radius 3 is 2.54 bits per heavy atom. The minimum absolute atomic E-state index is 0.0998. The van der Waals surface area contributed by atoms with E-state index in [1.54, 1.807) is 18.2 Å². The van der Waals surface area contributed by atoms with Gasteiger partial charge in [0.25, 0.3) is 0 Å². The van der Waals surface area contributed by atoms with Crippen LogP contribution in [-0.2, 0) is 11.3 Å². The SMILES string of the molecule is CC(C)[C@H](NC(=O)OCc1ccccc1)C(=O)c1ccc2c(c1)OCO2. The smallest absolute Gasteiger partial charge is 0.408 e. The van der Waals surface area contributed by atoms with E-state index >= 15 is 0 Å². The molecule has 0 spiro atoms.